The summed E-state index contributed by atoms with van der Waals surface area (Å²) in [5.74, 6) is -1.44. The van der Waals surface area contributed by atoms with E-state index >= 15 is 0 Å². The molecule has 132 valence electrons. The van der Waals surface area contributed by atoms with Crippen molar-refractivity contribution in [3.05, 3.63) is 35.6 Å². The number of hydrogen-bond donors (Lipinski definition) is 1. The molecular formula is C17H22FNO5. The van der Waals surface area contributed by atoms with Crippen LogP contribution < -0.4 is 5.32 Å². The SMILES string of the molecule is COC(=O)C(CC(=O)Cc1ccc(F)cc1)NC(=O)OC(C)(C)C. The van der Waals surface area contributed by atoms with E-state index in [1.807, 2.05) is 0 Å². The molecule has 0 saturated carbocycles. The molecule has 1 aromatic rings. The quantitative estimate of drug-likeness (QED) is 0.805. The Morgan fingerprint density at radius 3 is 2.25 bits per heavy atom. The summed E-state index contributed by atoms with van der Waals surface area (Å²) in [4.78, 5) is 35.6. The number of ketones is 1. The zero-order valence-corrected chi connectivity index (χ0v) is 14.2. The Hall–Kier alpha value is -2.44. The summed E-state index contributed by atoms with van der Waals surface area (Å²) < 4.78 is 22.5. The number of rotatable bonds is 6. The molecule has 0 aromatic heterocycles. The summed E-state index contributed by atoms with van der Waals surface area (Å²) in [5, 5.41) is 2.33. The molecule has 0 spiro atoms. The number of nitrogens with one attached hydrogen (secondary N) is 1. The number of benzene rings is 1. The Kier molecular flexibility index (Phi) is 6.88. The van der Waals surface area contributed by atoms with Crippen LogP contribution >= 0.6 is 0 Å². The average Bonchev–Trinajstić information content (AvgIpc) is 2.46. The van der Waals surface area contributed by atoms with Crippen molar-refractivity contribution < 1.29 is 28.2 Å². The van der Waals surface area contributed by atoms with Crippen molar-refractivity contribution in [1.82, 2.24) is 5.32 Å². The summed E-state index contributed by atoms with van der Waals surface area (Å²) in [6, 6.07) is 4.33. The Balaban J connectivity index is 2.68. The molecule has 1 N–H and O–H groups in total. The maximum absolute atomic E-state index is 12.9. The van der Waals surface area contributed by atoms with Crippen LogP contribution in [0.15, 0.2) is 24.3 Å². The third-order valence-corrected chi connectivity index (χ3v) is 2.92. The molecule has 0 bridgehead atoms. The van der Waals surface area contributed by atoms with E-state index in [0.29, 0.717) is 5.56 Å². The maximum Gasteiger partial charge on any atom is 0.408 e. The second-order valence-electron chi connectivity index (χ2n) is 6.27. The smallest absolute Gasteiger partial charge is 0.408 e. The van der Waals surface area contributed by atoms with Crippen molar-refractivity contribution in [1.29, 1.82) is 0 Å². The highest BCUT2D eigenvalue weighted by Gasteiger charge is 2.27. The summed E-state index contributed by atoms with van der Waals surface area (Å²) in [6.45, 7) is 5.04. The fourth-order valence-electron chi connectivity index (χ4n) is 1.92. The van der Waals surface area contributed by atoms with Crippen molar-refractivity contribution in [2.75, 3.05) is 7.11 Å². The number of alkyl carbamates (subject to hydrolysis) is 1. The van der Waals surface area contributed by atoms with Crippen LogP contribution in [0, 0.1) is 5.82 Å². The number of esters is 1. The monoisotopic (exact) mass is 339 g/mol. The van der Waals surface area contributed by atoms with E-state index in [-0.39, 0.29) is 18.6 Å². The number of carbonyl (C=O) groups excluding carboxylic acids is 3. The molecule has 0 aliphatic rings. The zero-order valence-electron chi connectivity index (χ0n) is 14.2. The number of ether oxygens (including phenoxy) is 2. The van der Waals surface area contributed by atoms with E-state index < -0.39 is 29.5 Å². The first-order valence-electron chi connectivity index (χ1n) is 7.44. The molecule has 7 heteroatoms. The molecule has 1 aromatic carbocycles. The van der Waals surface area contributed by atoms with Gasteiger partial charge in [-0.25, -0.2) is 14.0 Å². The third-order valence-electron chi connectivity index (χ3n) is 2.92. The van der Waals surface area contributed by atoms with Crippen LogP contribution in [0.5, 0.6) is 0 Å². The van der Waals surface area contributed by atoms with Crippen LogP contribution in [0.1, 0.15) is 32.8 Å². The molecular weight excluding hydrogens is 317 g/mol. The van der Waals surface area contributed by atoms with Gasteiger partial charge in [0.25, 0.3) is 0 Å². The first-order valence-corrected chi connectivity index (χ1v) is 7.44. The van der Waals surface area contributed by atoms with Crippen LogP contribution in [-0.2, 0) is 25.5 Å². The van der Waals surface area contributed by atoms with Crippen LogP contribution in [0.4, 0.5) is 9.18 Å². The lowest BCUT2D eigenvalue weighted by molar-refractivity contribution is -0.144. The van der Waals surface area contributed by atoms with Crippen LogP contribution in [0.25, 0.3) is 0 Å². The van der Waals surface area contributed by atoms with Crippen LogP contribution in [-0.4, -0.2) is 36.6 Å². The first-order chi connectivity index (χ1) is 11.1. The van der Waals surface area contributed by atoms with Crippen molar-refractivity contribution in [2.45, 2.75) is 45.3 Å². The van der Waals surface area contributed by atoms with Gasteiger partial charge in [0.15, 0.2) is 0 Å². The van der Waals surface area contributed by atoms with Gasteiger partial charge >= 0.3 is 12.1 Å². The van der Waals surface area contributed by atoms with Crippen LogP contribution in [0.3, 0.4) is 0 Å². The number of halogens is 1. The molecule has 1 amide bonds. The molecule has 1 atom stereocenters. The standard InChI is InChI=1S/C17H22FNO5/c1-17(2,3)24-16(22)19-14(15(21)23-4)10-13(20)9-11-5-7-12(18)8-6-11/h5-8,14H,9-10H2,1-4H3,(H,19,22). The van der Waals surface area contributed by atoms with Gasteiger partial charge in [-0.05, 0) is 38.5 Å². The van der Waals surface area contributed by atoms with Gasteiger partial charge in [-0.3, -0.25) is 4.79 Å². The highest BCUT2D eigenvalue weighted by molar-refractivity contribution is 5.89. The van der Waals surface area contributed by atoms with E-state index in [1.54, 1.807) is 20.8 Å². The topological polar surface area (TPSA) is 81.7 Å². The van der Waals surface area contributed by atoms with E-state index in [4.69, 9.17) is 4.74 Å². The van der Waals surface area contributed by atoms with Gasteiger partial charge in [0.2, 0.25) is 0 Å². The van der Waals surface area contributed by atoms with Gasteiger partial charge in [-0.2, -0.15) is 0 Å². The van der Waals surface area contributed by atoms with Gasteiger partial charge in [-0.1, -0.05) is 12.1 Å². The zero-order chi connectivity index (χ0) is 18.3. The number of carbonyl (C=O) groups is 3. The lowest BCUT2D eigenvalue weighted by Crippen LogP contribution is -2.45. The maximum atomic E-state index is 12.9. The number of amides is 1. The second kappa shape index (κ2) is 8.42. The summed E-state index contributed by atoms with van der Waals surface area (Å²) in [7, 11) is 1.16. The fraction of sp³-hybridized carbons (Fsp3) is 0.471. The molecule has 1 rings (SSSR count). The number of methoxy groups -OCH3 is 1. The highest BCUT2D eigenvalue weighted by atomic mass is 19.1. The van der Waals surface area contributed by atoms with Crippen LogP contribution in [0.2, 0.25) is 0 Å². The number of Topliss-reactive ketones (excluding diaryl/α,β-unsaturated/α-hetero) is 1. The van der Waals surface area contributed by atoms with Crippen molar-refractivity contribution in [2.24, 2.45) is 0 Å². The summed E-state index contributed by atoms with van der Waals surface area (Å²) in [6.07, 6.45) is -1.04. The highest BCUT2D eigenvalue weighted by Crippen LogP contribution is 2.09. The molecule has 24 heavy (non-hydrogen) atoms. The average molecular weight is 339 g/mol. The predicted molar refractivity (Wildman–Crippen MR) is 84.9 cm³/mol. The summed E-state index contributed by atoms with van der Waals surface area (Å²) >= 11 is 0. The van der Waals surface area contributed by atoms with Gasteiger partial charge in [0.05, 0.1) is 7.11 Å². The Morgan fingerprint density at radius 1 is 1.17 bits per heavy atom. The molecule has 0 aliphatic carbocycles. The van der Waals surface area contributed by atoms with E-state index in [1.165, 1.54) is 24.3 Å². The van der Waals surface area contributed by atoms with Gasteiger partial charge < -0.3 is 14.8 Å². The van der Waals surface area contributed by atoms with Crippen molar-refractivity contribution in [3.8, 4) is 0 Å². The molecule has 0 saturated heterocycles. The lowest BCUT2D eigenvalue weighted by atomic mass is 10.0. The largest absolute Gasteiger partial charge is 0.467 e. The Labute approximate surface area is 140 Å². The lowest BCUT2D eigenvalue weighted by Gasteiger charge is -2.22. The van der Waals surface area contributed by atoms with E-state index in [2.05, 4.69) is 10.1 Å². The molecule has 0 aliphatic heterocycles. The molecule has 0 radical (unpaired) electrons. The minimum atomic E-state index is -1.14. The third kappa shape index (κ3) is 7.21. The Morgan fingerprint density at radius 2 is 1.75 bits per heavy atom. The molecule has 6 nitrogen and oxygen atoms in total. The molecule has 1 unspecified atom stereocenters. The van der Waals surface area contributed by atoms with Crippen molar-refractivity contribution >= 4 is 17.8 Å². The van der Waals surface area contributed by atoms with Crippen molar-refractivity contribution in [3.63, 3.8) is 0 Å². The molecule has 0 fully saturated rings. The minimum absolute atomic E-state index is 0.0176. The van der Waals surface area contributed by atoms with E-state index in [9.17, 15) is 18.8 Å². The van der Waals surface area contributed by atoms with Gasteiger partial charge in [-0.15, -0.1) is 0 Å². The van der Waals surface area contributed by atoms with Gasteiger partial charge in [0, 0.05) is 12.8 Å². The summed E-state index contributed by atoms with van der Waals surface area (Å²) in [5.41, 5.74) is -0.120. The first kappa shape index (κ1) is 19.6. The fourth-order valence-corrected chi connectivity index (χ4v) is 1.92. The number of hydrogen-bond acceptors (Lipinski definition) is 5. The molecule has 0 heterocycles. The second-order valence-corrected chi connectivity index (χ2v) is 6.27. The predicted octanol–water partition coefficient (Wildman–Crippen LogP) is 2.39. The minimum Gasteiger partial charge on any atom is -0.467 e. The van der Waals surface area contributed by atoms with Gasteiger partial charge in [0.1, 0.15) is 23.2 Å². The Bertz CT molecular complexity index is 592. The normalized spacial score (nSPS) is 12.2. The van der Waals surface area contributed by atoms with E-state index in [0.717, 1.165) is 7.11 Å².